The van der Waals surface area contributed by atoms with Crippen LogP contribution in [0.25, 0.3) is 6.08 Å². The summed E-state index contributed by atoms with van der Waals surface area (Å²) in [5, 5.41) is 22.8. The van der Waals surface area contributed by atoms with Gasteiger partial charge in [0.05, 0.1) is 17.7 Å². The molecule has 0 N–H and O–H groups in total. The second kappa shape index (κ2) is 8.08. The lowest BCUT2D eigenvalue weighted by molar-refractivity contribution is -0.398. The van der Waals surface area contributed by atoms with E-state index in [2.05, 4.69) is 0 Å². The van der Waals surface area contributed by atoms with Crippen LogP contribution in [-0.4, -0.2) is 30.9 Å². The summed E-state index contributed by atoms with van der Waals surface area (Å²) in [5.74, 6) is -1.95. The number of nitrogens with zero attached hydrogens (tertiary/aromatic N) is 2. The summed E-state index contributed by atoms with van der Waals surface area (Å²) in [6, 6.07) is 6.68. The van der Waals surface area contributed by atoms with E-state index in [0.29, 0.717) is 5.69 Å². The first-order valence-corrected chi connectivity index (χ1v) is 8.71. The van der Waals surface area contributed by atoms with E-state index in [1.165, 1.54) is 31.4 Å². The van der Waals surface area contributed by atoms with Crippen LogP contribution in [0.15, 0.2) is 36.4 Å². The number of ether oxygens (including phenoxy) is 1. The highest BCUT2D eigenvalue weighted by atomic mass is 19.1. The zero-order chi connectivity index (χ0) is 20.3. The van der Waals surface area contributed by atoms with Crippen molar-refractivity contribution in [2.45, 2.75) is 12.8 Å². The normalized spacial score (nSPS) is 13.9. The molecule has 0 bridgehead atoms. The number of hydrogen-bond donors (Lipinski definition) is 0. The van der Waals surface area contributed by atoms with E-state index in [9.17, 15) is 24.4 Å². The Morgan fingerprint density at radius 2 is 1.96 bits per heavy atom. The predicted octanol–water partition coefficient (Wildman–Crippen LogP) is 3.31. The molecule has 0 unspecified atom stereocenters. The molecule has 1 fully saturated rings. The monoisotopic (exact) mass is 385 g/mol. The van der Waals surface area contributed by atoms with Crippen LogP contribution in [-0.2, 0) is 0 Å². The van der Waals surface area contributed by atoms with Crippen LogP contribution in [0.1, 0.15) is 28.8 Å². The van der Waals surface area contributed by atoms with Gasteiger partial charge in [-0.3, -0.25) is 14.9 Å². The molecule has 2 aromatic carbocycles. The minimum atomic E-state index is -0.837. The number of nitro groups is 1. The molecule has 0 amide bonds. The minimum Gasteiger partial charge on any atom is -0.865 e. The van der Waals surface area contributed by atoms with Crippen molar-refractivity contribution < 1.29 is 24.0 Å². The van der Waals surface area contributed by atoms with Crippen LogP contribution in [0.4, 0.5) is 15.8 Å². The summed E-state index contributed by atoms with van der Waals surface area (Å²) < 4.78 is 19.2. The first kappa shape index (κ1) is 19.3. The molecule has 0 aliphatic carbocycles. The zero-order valence-electron chi connectivity index (χ0n) is 15.2. The Morgan fingerprint density at radius 3 is 2.57 bits per heavy atom. The summed E-state index contributed by atoms with van der Waals surface area (Å²) in [6.07, 6.45) is 4.53. The number of hydrogen-bond acceptors (Lipinski definition) is 6. The number of benzene rings is 2. The first-order valence-electron chi connectivity index (χ1n) is 8.71. The van der Waals surface area contributed by atoms with Gasteiger partial charge in [-0.05, 0) is 48.7 Å². The predicted molar refractivity (Wildman–Crippen MR) is 100 cm³/mol. The van der Waals surface area contributed by atoms with Crippen molar-refractivity contribution in [3.63, 3.8) is 0 Å². The molecule has 1 aliphatic heterocycles. The lowest BCUT2D eigenvalue weighted by Crippen LogP contribution is -2.19. The fraction of sp³-hybridized carbons (Fsp3) is 0.250. The quantitative estimate of drug-likeness (QED) is 0.328. The molecular formula is C20H18FN2O5-. The van der Waals surface area contributed by atoms with Gasteiger partial charge in [0.25, 0.3) is 5.69 Å². The van der Waals surface area contributed by atoms with E-state index in [0.717, 1.165) is 32.0 Å². The molecule has 0 spiro atoms. The molecule has 0 atom stereocenters. The number of rotatable bonds is 6. The van der Waals surface area contributed by atoms with Gasteiger partial charge in [-0.15, -0.1) is 0 Å². The number of methoxy groups -OCH3 is 1. The summed E-state index contributed by atoms with van der Waals surface area (Å²) in [4.78, 5) is 24.5. The van der Waals surface area contributed by atoms with Gasteiger partial charge in [0.1, 0.15) is 11.6 Å². The van der Waals surface area contributed by atoms with Crippen molar-refractivity contribution in [3.05, 3.63) is 63.5 Å². The Bertz CT molecular complexity index is 952. The minimum absolute atomic E-state index is 0.165. The second-order valence-corrected chi connectivity index (χ2v) is 6.39. The van der Waals surface area contributed by atoms with Gasteiger partial charge >= 0.3 is 0 Å². The maximum atomic E-state index is 14.4. The Kier molecular flexibility index (Phi) is 5.58. The molecule has 8 heteroatoms. The largest absolute Gasteiger partial charge is 0.865 e. The number of halogens is 1. The average molecular weight is 385 g/mol. The molecule has 1 heterocycles. The Hall–Kier alpha value is -3.42. The number of allylic oxidation sites excluding steroid dienone is 1. The number of carbonyl (C=O) groups excluding carboxylic acids is 1. The second-order valence-electron chi connectivity index (χ2n) is 6.39. The SMILES string of the molecule is COc1cc(/C=C/C(=O)c2ccc(N3CCCC3)c(F)c2)cc([N+](=O)[O-])c1[O-]. The molecule has 1 aliphatic rings. The smallest absolute Gasteiger partial charge is 0.266 e. The summed E-state index contributed by atoms with van der Waals surface area (Å²) in [6.45, 7) is 1.58. The molecule has 0 saturated carbocycles. The number of carbonyl (C=O) groups is 1. The molecule has 7 nitrogen and oxygen atoms in total. The van der Waals surface area contributed by atoms with E-state index in [1.807, 2.05) is 4.90 Å². The van der Waals surface area contributed by atoms with Crippen molar-refractivity contribution in [1.82, 2.24) is 0 Å². The number of ketones is 1. The topological polar surface area (TPSA) is 95.7 Å². The lowest BCUT2D eigenvalue weighted by atomic mass is 10.1. The zero-order valence-corrected chi connectivity index (χ0v) is 15.2. The third-order valence-electron chi connectivity index (χ3n) is 4.58. The number of anilines is 1. The van der Waals surface area contributed by atoms with Crippen molar-refractivity contribution in [2.75, 3.05) is 25.1 Å². The van der Waals surface area contributed by atoms with E-state index >= 15 is 0 Å². The molecule has 1 saturated heterocycles. The van der Waals surface area contributed by atoms with Crippen LogP contribution in [0, 0.1) is 15.9 Å². The Labute approximate surface area is 160 Å². The molecule has 28 heavy (non-hydrogen) atoms. The molecule has 146 valence electrons. The fourth-order valence-corrected chi connectivity index (χ4v) is 3.13. The maximum absolute atomic E-state index is 14.4. The highest BCUT2D eigenvalue weighted by Gasteiger charge is 2.17. The van der Waals surface area contributed by atoms with Crippen LogP contribution in [0.3, 0.4) is 0 Å². The Morgan fingerprint density at radius 1 is 1.25 bits per heavy atom. The summed E-state index contributed by atoms with van der Waals surface area (Å²) >= 11 is 0. The van der Waals surface area contributed by atoms with Crippen molar-refractivity contribution in [2.24, 2.45) is 0 Å². The van der Waals surface area contributed by atoms with Gasteiger partial charge in [-0.2, -0.15) is 0 Å². The van der Waals surface area contributed by atoms with E-state index in [-0.39, 0.29) is 16.9 Å². The van der Waals surface area contributed by atoms with Crippen LogP contribution < -0.4 is 14.7 Å². The fourth-order valence-electron chi connectivity index (χ4n) is 3.13. The van der Waals surface area contributed by atoms with Crippen LogP contribution >= 0.6 is 0 Å². The third kappa shape index (κ3) is 3.95. The van der Waals surface area contributed by atoms with Gasteiger partial charge in [-0.25, -0.2) is 4.39 Å². The lowest BCUT2D eigenvalue weighted by Gasteiger charge is -2.18. The highest BCUT2D eigenvalue weighted by molar-refractivity contribution is 6.07. The van der Waals surface area contributed by atoms with Crippen molar-refractivity contribution in [3.8, 4) is 11.5 Å². The third-order valence-corrected chi connectivity index (χ3v) is 4.58. The first-order chi connectivity index (χ1) is 13.4. The summed E-state index contributed by atoms with van der Waals surface area (Å²) in [7, 11) is 1.23. The van der Waals surface area contributed by atoms with Crippen LogP contribution in [0.5, 0.6) is 11.5 Å². The summed E-state index contributed by atoms with van der Waals surface area (Å²) in [5.41, 5.74) is 0.251. The highest BCUT2D eigenvalue weighted by Crippen LogP contribution is 2.35. The molecule has 2 aromatic rings. The van der Waals surface area contributed by atoms with E-state index < -0.39 is 28.0 Å². The van der Waals surface area contributed by atoms with Gasteiger partial charge < -0.3 is 14.7 Å². The van der Waals surface area contributed by atoms with Gasteiger partial charge in [0.2, 0.25) is 0 Å². The standard InChI is InChI=1S/C20H19FN2O5/c1-28-19-11-13(10-17(20(19)25)23(26)27)4-7-18(24)14-5-6-16(15(21)12-14)22-8-2-3-9-22/h4-7,10-12,25H,2-3,8-9H2,1H3/p-1/b7-4+. The molecule has 0 aromatic heterocycles. The van der Waals surface area contributed by atoms with E-state index in [1.54, 1.807) is 12.1 Å². The molecule has 3 rings (SSSR count). The van der Waals surface area contributed by atoms with Gasteiger partial charge in [-0.1, -0.05) is 6.08 Å². The van der Waals surface area contributed by atoms with Crippen molar-refractivity contribution in [1.29, 1.82) is 0 Å². The van der Waals surface area contributed by atoms with E-state index in [4.69, 9.17) is 4.74 Å². The Balaban J connectivity index is 1.83. The number of nitro benzene ring substituents is 1. The maximum Gasteiger partial charge on any atom is 0.266 e. The van der Waals surface area contributed by atoms with Gasteiger partial charge in [0, 0.05) is 30.5 Å². The van der Waals surface area contributed by atoms with Crippen LogP contribution in [0.2, 0.25) is 0 Å². The van der Waals surface area contributed by atoms with Gasteiger partial charge in [0.15, 0.2) is 5.78 Å². The average Bonchev–Trinajstić information content (AvgIpc) is 3.20. The van der Waals surface area contributed by atoms with Crippen molar-refractivity contribution >= 4 is 23.2 Å². The molecular weight excluding hydrogens is 367 g/mol. The molecule has 0 radical (unpaired) electrons.